The molecule has 0 aliphatic rings. The lowest BCUT2D eigenvalue weighted by Crippen LogP contribution is -2.21. The summed E-state index contributed by atoms with van der Waals surface area (Å²) in [6, 6.07) is 12.6. The number of hydrogen-bond acceptors (Lipinski definition) is 8. The third-order valence-electron chi connectivity index (χ3n) is 6.23. The molecule has 1 unspecified atom stereocenters. The molecular weight excluding hydrogens is 607 g/mol. The highest BCUT2D eigenvalue weighted by Crippen LogP contribution is 2.33. The standard InChI is InChI=1S/C31H31F5N2O7/c1-2-22(17-25-26(37)15-20(29(40)41)16-27(25)38)44-28(39)12-5-19-3-8-24(9-4-19)45-31(35,36)21-6-10-23(11-7-21)43-14-13-42-18-30(32,33)34/h3-12,15-16,22H,2,13-14,17-18,37-38H2,1H3,(H,40,41). The van der Waals surface area contributed by atoms with E-state index in [2.05, 4.69) is 4.74 Å². The SMILES string of the molecule is CCC(Cc1c(N)cc(C(=O)O)cc1N)OC(=O)C=Cc1ccc(OC(F)(F)c2ccc(OCCOCC(F)(F)F)cc2)cc1. The van der Waals surface area contributed by atoms with Crippen LogP contribution in [0, 0.1) is 0 Å². The van der Waals surface area contributed by atoms with Gasteiger partial charge in [-0.2, -0.15) is 22.0 Å². The van der Waals surface area contributed by atoms with E-state index in [4.69, 9.17) is 30.8 Å². The predicted molar refractivity (Wildman–Crippen MR) is 155 cm³/mol. The quantitative estimate of drug-likeness (QED) is 0.0582. The first-order valence-corrected chi connectivity index (χ1v) is 13.5. The molecule has 0 spiro atoms. The van der Waals surface area contributed by atoms with Crippen molar-refractivity contribution in [2.24, 2.45) is 0 Å². The van der Waals surface area contributed by atoms with Gasteiger partial charge in [0.1, 0.15) is 30.8 Å². The number of anilines is 2. The molecule has 5 N–H and O–H groups in total. The predicted octanol–water partition coefficient (Wildman–Crippen LogP) is 6.21. The lowest BCUT2D eigenvalue weighted by atomic mass is 10.00. The van der Waals surface area contributed by atoms with E-state index in [1.807, 2.05) is 0 Å². The molecule has 0 heterocycles. The van der Waals surface area contributed by atoms with Gasteiger partial charge in [-0.15, -0.1) is 0 Å². The minimum atomic E-state index is -4.45. The van der Waals surface area contributed by atoms with Crippen LogP contribution in [0.5, 0.6) is 11.5 Å². The molecule has 3 rings (SSSR count). The van der Waals surface area contributed by atoms with Crippen LogP contribution in [0.4, 0.5) is 33.3 Å². The highest BCUT2D eigenvalue weighted by Gasteiger charge is 2.34. The molecule has 0 saturated carbocycles. The maximum atomic E-state index is 14.7. The van der Waals surface area contributed by atoms with Gasteiger partial charge in [-0.05, 0) is 66.6 Å². The molecule has 3 aromatic carbocycles. The number of nitrogens with two attached hydrogens (primary N) is 2. The van der Waals surface area contributed by atoms with Gasteiger partial charge in [0.2, 0.25) is 0 Å². The van der Waals surface area contributed by atoms with Gasteiger partial charge in [-0.3, -0.25) is 0 Å². The third-order valence-corrected chi connectivity index (χ3v) is 6.23. The molecule has 45 heavy (non-hydrogen) atoms. The maximum Gasteiger partial charge on any atom is 0.426 e. The summed E-state index contributed by atoms with van der Waals surface area (Å²) >= 11 is 0. The van der Waals surface area contributed by atoms with E-state index in [-0.39, 0.29) is 48.1 Å². The van der Waals surface area contributed by atoms with Crippen molar-refractivity contribution < 1.29 is 55.6 Å². The van der Waals surface area contributed by atoms with E-state index in [9.17, 15) is 31.5 Å². The highest BCUT2D eigenvalue weighted by molar-refractivity contribution is 5.91. The minimum Gasteiger partial charge on any atom is -0.491 e. The Morgan fingerprint density at radius 1 is 0.911 bits per heavy atom. The first-order chi connectivity index (χ1) is 21.2. The van der Waals surface area contributed by atoms with Gasteiger partial charge in [-0.1, -0.05) is 19.1 Å². The van der Waals surface area contributed by atoms with Gasteiger partial charge in [0.05, 0.1) is 17.7 Å². The van der Waals surface area contributed by atoms with Crippen molar-refractivity contribution in [1.29, 1.82) is 0 Å². The van der Waals surface area contributed by atoms with Crippen molar-refractivity contribution in [2.75, 3.05) is 31.3 Å². The number of aromatic carboxylic acids is 1. The summed E-state index contributed by atoms with van der Waals surface area (Å²) in [5, 5.41) is 9.14. The molecule has 0 amide bonds. The van der Waals surface area contributed by atoms with E-state index >= 15 is 0 Å². The summed E-state index contributed by atoms with van der Waals surface area (Å²) in [6.07, 6.45) is -5.58. The molecule has 3 aromatic rings. The molecular formula is C31H31F5N2O7. The van der Waals surface area contributed by atoms with Crippen molar-refractivity contribution in [1.82, 2.24) is 0 Å². The zero-order valence-corrected chi connectivity index (χ0v) is 24.0. The molecule has 0 bridgehead atoms. The number of carbonyl (C=O) groups is 2. The lowest BCUT2D eigenvalue weighted by Gasteiger charge is -2.19. The summed E-state index contributed by atoms with van der Waals surface area (Å²) in [7, 11) is 0. The summed E-state index contributed by atoms with van der Waals surface area (Å²) in [5.74, 6) is -1.84. The van der Waals surface area contributed by atoms with Gasteiger partial charge in [0.25, 0.3) is 0 Å². The van der Waals surface area contributed by atoms with Gasteiger partial charge in [0.15, 0.2) is 0 Å². The molecule has 0 aliphatic heterocycles. The Balaban J connectivity index is 1.52. The molecule has 0 aliphatic carbocycles. The van der Waals surface area contributed by atoms with Gasteiger partial charge in [-0.25, -0.2) is 9.59 Å². The minimum absolute atomic E-state index is 0.0570. The second kappa shape index (κ2) is 15.2. The number of halogens is 5. The van der Waals surface area contributed by atoms with Crippen molar-refractivity contribution in [2.45, 2.75) is 38.2 Å². The number of nitrogen functional groups attached to an aromatic ring is 2. The molecule has 0 aromatic heterocycles. The fourth-order valence-electron chi connectivity index (χ4n) is 3.95. The van der Waals surface area contributed by atoms with E-state index in [0.717, 1.165) is 12.1 Å². The third kappa shape index (κ3) is 11.0. The van der Waals surface area contributed by atoms with Crippen molar-refractivity contribution in [3.63, 3.8) is 0 Å². The fraction of sp³-hybridized carbons (Fsp3) is 0.290. The normalized spacial score (nSPS) is 12.6. The van der Waals surface area contributed by atoms with Crippen LogP contribution in [0.1, 0.15) is 40.4 Å². The topological polar surface area (TPSA) is 143 Å². The van der Waals surface area contributed by atoms with Crippen LogP contribution < -0.4 is 20.9 Å². The van der Waals surface area contributed by atoms with E-state index in [1.54, 1.807) is 6.92 Å². The van der Waals surface area contributed by atoms with Crippen LogP contribution in [0.25, 0.3) is 6.08 Å². The van der Waals surface area contributed by atoms with Crippen LogP contribution in [0.2, 0.25) is 0 Å². The number of carboxylic acid groups (broad SMARTS) is 1. The van der Waals surface area contributed by atoms with Crippen LogP contribution in [-0.4, -0.2) is 49.1 Å². The molecule has 242 valence electrons. The maximum absolute atomic E-state index is 14.7. The van der Waals surface area contributed by atoms with Crippen LogP contribution in [0.3, 0.4) is 0 Å². The number of ether oxygens (including phenoxy) is 4. The number of esters is 1. The number of benzene rings is 3. The number of hydrogen-bond donors (Lipinski definition) is 3. The lowest BCUT2D eigenvalue weighted by molar-refractivity contribution is -0.185. The van der Waals surface area contributed by atoms with Crippen molar-refractivity contribution >= 4 is 29.4 Å². The van der Waals surface area contributed by atoms with E-state index in [1.165, 1.54) is 60.7 Å². The van der Waals surface area contributed by atoms with E-state index in [0.29, 0.717) is 17.5 Å². The molecule has 0 saturated heterocycles. The van der Waals surface area contributed by atoms with Crippen LogP contribution >= 0.6 is 0 Å². The Bertz CT molecular complexity index is 1450. The summed E-state index contributed by atoms with van der Waals surface area (Å²) < 4.78 is 85.5. The van der Waals surface area contributed by atoms with Crippen LogP contribution in [0.15, 0.2) is 66.7 Å². The summed E-state index contributed by atoms with van der Waals surface area (Å²) in [6.45, 7) is -0.152. The number of carbonyl (C=O) groups excluding carboxylic acids is 1. The van der Waals surface area contributed by atoms with Gasteiger partial charge < -0.3 is 35.5 Å². The van der Waals surface area contributed by atoms with E-state index < -0.39 is 42.5 Å². The molecule has 0 radical (unpaired) electrons. The summed E-state index contributed by atoms with van der Waals surface area (Å²) in [4.78, 5) is 23.6. The smallest absolute Gasteiger partial charge is 0.426 e. The highest BCUT2D eigenvalue weighted by atomic mass is 19.4. The molecule has 14 heteroatoms. The Morgan fingerprint density at radius 3 is 2.07 bits per heavy atom. The van der Waals surface area contributed by atoms with Crippen molar-refractivity contribution in [3.8, 4) is 11.5 Å². The number of carboxylic acids is 1. The zero-order valence-electron chi connectivity index (χ0n) is 24.0. The molecule has 0 fully saturated rings. The van der Waals surface area contributed by atoms with Crippen molar-refractivity contribution in [3.05, 3.63) is 89.0 Å². The Morgan fingerprint density at radius 2 is 1.51 bits per heavy atom. The largest absolute Gasteiger partial charge is 0.491 e. The van der Waals surface area contributed by atoms with Crippen LogP contribution in [-0.2, 0) is 26.8 Å². The Kier molecular flexibility index (Phi) is 11.7. The second-order valence-electron chi connectivity index (χ2n) is 9.67. The zero-order chi connectivity index (χ0) is 33.2. The fourth-order valence-corrected chi connectivity index (χ4v) is 3.95. The monoisotopic (exact) mass is 638 g/mol. The number of alkyl halides is 5. The first-order valence-electron chi connectivity index (χ1n) is 13.5. The average molecular weight is 639 g/mol. The Labute approximate surface area is 255 Å². The number of rotatable bonds is 15. The average Bonchev–Trinajstić information content (AvgIpc) is 2.97. The molecule has 9 nitrogen and oxygen atoms in total. The van der Waals surface area contributed by atoms with Gasteiger partial charge >= 0.3 is 24.2 Å². The van der Waals surface area contributed by atoms with Gasteiger partial charge in [0, 0.05) is 29.4 Å². The molecule has 1 atom stereocenters. The Hall–Kier alpha value is -4.85. The summed E-state index contributed by atoms with van der Waals surface area (Å²) in [5.41, 5.74) is 12.7. The first kappa shape index (κ1) is 34.6. The second-order valence-corrected chi connectivity index (χ2v) is 9.67.